The summed E-state index contributed by atoms with van der Waals surface area (Å²) < 4.78 is 41.0. The number of hydrogen-bond donors (Lipinski definition) is 1. The molecule has 0 aliphatic heterocycles. The third-order valence-electron chi connectivity index (χ3n) is 4.15. The lowest BCUT2D eigenvalue weighted by atomic mass is 10.1. The molecule has 3 aromatic rings. The molecule has 0 aliphatic rings. The summed E-state index contributed by atoms with van der Waals surface area (Å²) >= 11 is 0. The van der Waals surface area contributed by atoms with Gasteiger partial charge in [0, 0.05) is 39.0 Å². The van der Waals surface area contributed by atoms with Gasteiger partial charge >= 0.3 is 12.2 Å². The Hall–Kier alpha value is -3.03. The van der Waals surface area contributed by atoms with E-state index in [1.165, 1.54) is 30.1 Å². The fourth-order valence-electron chi connectivity index (χ4n) is 2.80. The first-order valence-corrected chi connectivity index (χ1v) is 8.41. The van der Waals surface area contributed by atoms with E-state index in [0.717, 1.165) is 17.4 Å². The Bertz CT molecular complexity index is 903. The number of benzene rings is 1. The van der Waals surface area contributed by atoms with E-state index in [-0.39, 0.29) is 12.1 Å². The van der Waals surface area contributed by atoms with Crippen molar-refractivity contribution in [3.8, 4) is 0 Å². The molecule has 1 aromatic carbocycles. The molecule has 0 aliphatic carbocycles. The molecule has 0 saturated heterocycles. The molecule has 3 rings (SSSR count). The standard InChI is InChI=1S/C19H19F3N4O/c1-25(12-14-6-2-3-7-16(14)19(20,21)22)18(27)23-10-9-15-13-26-11-5-4-8-17(26)24-15/h2-8,11,13H,9-10,12H2,1H3,(H,23,27). The maximum atomic E-state index is 13.1. The molecule has 8 heteroatoms. The van der Waals surface area contributed by atoms with Crippen LogP contribution in [0.3, 0.4) is 0 Å². The molecule has 0 saturated carbocycles. The molecule has 0 atom stereocenters. The molecule has 2 amide bonds. The second kappa shape index (κ2) is 7.69. The van der Waals surface area contributed by atoms with Crippen LogP contribution in [-0.2, 0) is 19.1 Å². The second-order valence-electron chi connectivity index (χ2n) is 6.19. The number of amides is 2. The van der Waals surface area contributed by atoms with Gasteiger partial charge in [-0.1, -0.05) is 24.3 Å². The van der Waals surface area contributed by atoms with E-state index in [4.69, 9.17) is 0 Å². The number of hydrogen-bond acceptors (Lipinski definition) is 2. The number of pyridine rings is 1. The summed E-state index contributed by atoms with van der Waals surface area (Å²) in [5.41, 5.74) is 0.976. The molecule has 2 aromatic heterocycles. The van der Waals surface area contributed by atoms with Crippen LogP contribution in [0.5, 0.6) is 0 Å². The van der Waals surface area contributed by atoms with Crippen molar-refractivity contribution >= 4 is 11.7 Å². The summed E-state index contributed by atoms with van der Waals surface area (Å²) in [6, 6.07) is 10.5. The highest BCUT2D eigenvalue weighted by atomic mass is 19.4. The summed E-state index contributed by atoms with van der Waals surface area (Å²) in [7, 11) is 1.47. The van der Waals surface area contributed by atoms with E-state index in [1.807, 2.05) is 35.0 Å². The quantitative estimate of drug-likeness (QED) is 0.738. The first-order chi connectivity index (χ1) is 12.8. The van der Waals surface area contributed by atoms with Crippen molar-refractivity contribution in [3.63, 3.8) is 0 Å². The summed E-state index contributed by atoms with van der Waals surface area (Å²) in [5.74, 6) is 0. The molecule has 0 unspecified atom stereocenters. The Balaban J connectivity index is 1.55. The summed E-state index contributed by atoms with van der Waals surface area (Å²) in [6.45, 7) is 0.212. The number of nitrogens with one attached hydrogen (secondary N) is 1. The van der Waals surface area contributed by atoms with Gasteiger partial charge in [0.25, 0.3) is 0 Å². The first-order valence-electron chi connectivity index (χ1n) is 8.41. The van der Waals surface area contributed by atoms with Gasteiger partial charge in [0.15, 0.2) is 0 Å². The number of aromatic nitrogens is 2. The Morgan fingerprint density at radius 3 is 2.67 bits per heavy atom. The van der Waals surface area contributed by atoms with Crippen LogP contribution in [0, 0.1) is 0 Å². The third kappa shape index (κ3) is 4.58. The van der Waals surface area contributed by atoms with Crippen molar-refractivity contribution in [2.45, 2.75) is 19.1 Å². The highest BCUT2D eigenvalue weighted by molar-refractivity contribution is 5.73. The number of imidazole rings is 1. The monoisotopic (exact) mass is 376 g/mol. The molecule has 0 radical (unpaired) electrons. The molecule has 0 bridgehead atoms. The molecule has 27 heavy (non-hydrogen) atoms. The van der Waals surface area contributed by atoms with Gasteiger partial charge in [-0.05, 0) is 23.8 Å². The van der Waals surface area contributed by atoms with Crippen LogP contribution < -0.4 is 5.32 Å². The van der Waals surface area contributed by atoms with Gasteiger partial charge in [-0.3, -0.25) is 0 Å². The minimum Gasteiger partial charge on any atom is -0.338 e. The van der Waals surface area contributed by atoms with Gasteiger partial charge in [0.05, 0.1) is 11.3 Å². The normalized spacial score (nSPS) is 11.6. The summed E-state index contributed by atoms with van der Waals surface area (Å²) in [4.78, 5) is 17.8. The number of carbonyl (C=O) groups is 1. The SMILES string of the molecule is CN(Cc1ccccc1C(F)(F)F)C(=O)NCCc1cn2ccccc2n1. The van der Waals surface area contributed by atoms with E-state index in [2.05, 4.69) is 10.3 Å². The van der Waals surface area contributed by atoms with Crippen molar-refractivity contribution < 1.29 is 18.0 Å². The number of halogens is 3. The average molecular weight is 376 g/mol. The number of rotatable bonds is 5. The van der Waals surface area contributed by atoms with Crippen LogP contribution in [0.15, 0.2) is 54.9 Å². The fourth-order valence-corrected chi connectivity index (χ4v) is 2.80. The molecule has 0 fully saturated rings. The molecule has 142 valence electrons. The number of alkyl halides is 3. The van der Waals surface area contributed by atoms with Crippen molar-refractivity contribution in [3.05, 3.63) is 71.7 Å². The number of fused-ring (bicyclic) bond motifs is 1. The molecular weight excluding hydrogens is 357 g/mol. The first kappa shape index (κ1) is 18.8. The number of urea groups is 1. The van der Waals surface area contributed by atoms with Crippen molar-refractivity contribution in [1.29, 1.82) is 0 Å². The van der Waals surface area contributed by atoms with E-state index >= 15 is 0 Å². The Labute approximate surface area is 154 Å². The van der Waals surface area contributed by atoms with Gasteiger partial charge in [-0.15, -0.1) is 0 Å². The summed E-state index contributed by atoms with van der Waals surface area (Å²) in [5, 5.41) is 2.71. The van der Waals surface area contributed by atoms with E-state index in [9.17, 15) is 18.0 Å². The molecule has 5 nitrogen and oxygen atoms in total. The minimum absolute atomic E-state index is 0.0583. The van der Waals surface area contributed by atoms with Gasteiger partial charge in [0.2, 0.25) is 0 Å². The Kier molecular flexibility index (Phi) is 5.34. The zero-order valence-corrected chi connectivity index (χ0v) is 14.7. The maximum absolute atomic E-state index is 13.1. The van der Waals surface area contributed by atoms with Crippen LogP contribution >= 0.6 is 0 Å². The molecule has 2 heterocycles. The number of nitrogens with zero attached hydrogens (tertiary/aromatic N) is 3. The molecule has 0 spiro atoms. The van der Waals surface area contributed by atoms with Crippen LogP contribution in [0.2, 0.25) is 0 Å². The lowest BCUT2D eigenvalue weighted by Gasteiger charge is -2.20. The van der Waals surface area contributed by atoms with Crippen LogP contribution in [0.1, 0.15) is 16.8 Å². The van der Waals surface area contributed by atoms with Crippen LogP contribution in [-0.4, -0.2) is 33.9 Å². The van der Waals surface area contributed by atoms with Gasteiger partial charge in [-0.25, -0.2) is 9.78 Å². The highest BCUT2D eigenvalue weighted by Gasteiger charge is 2.33. The van der Waals surface area contributed by atoms with E-state index < -0.39 is 17.8 Å². The van der Waals surface area contributed by atoms with Crippen molar-refractivity contribution in [2.75, 3.05) is 13.6 Å². The van der Waals surface area contributed by atoms with Crippen LogP contribution in [0.4, 0.5) is 18.0 Å². The zero-order valence-electron chi connectivity index (χ0n) is 14.7. The van der Waals surface area contributed by atoms with Gasteiger partial charge in [0.1, 0.15) is 5.65 Å². The fraction of sp³-hybridized carbons (Fsp3) is 0.263. The Morgan fingerprint density at radius 2 is 1.93 bits per heavy atom. The van der Waals surface area contributed by atoms with Gasteiger partial charge < -0.3 is 14.6 Å². The lowest BCUT2D eigenvalue weighted by Crippen LogP contribution is -2.38. The van der Waals surface area contributed by atoms with Crippen molar-refractivity contribution in [2.24, 2.45) is 0 Å². The Morgan fingerprint density at radius 1 is 1.19 bits per heavy atom. The average Bonchev–Trinajstić information content (AvgIpc) is 3.04. The number of carbonyl (C=O) groups excluding carboxylic acids is 1. The van der Waals surface area contributed by atoms with E-state index in [1.54, 1.807) is 0 Å². The van der Waals surface area contributed by atoms with E-state index in [0.29, 0.717) is 13.0 Å². The largest absolute Gasteiger partial charge is 0.416 e. The highest BCUT2D eigenvalue weighted by Crippen LogP contribution is 2.32. The molecular formula is C19H19F3N4O. The molecule has 1 N–H and O–H groups in total. The predicted molar refractivity (Wildman–Crippen MR) is 95.2 cm³/mol. The topological polar surface area (TPSA) is 49.6 Å². The van der Waals surface area contributed by atoms with Crippen molar-refractivity contribution in [1.82, 2.24) is 19.6 Å². The van der Waals surface area contributed by atoms with Crippen LogP contribution in [0.25, 0.3) is 5.65 Å². The lowest BCUT2D eigenvalue weighted by molar-refractivity contribution is -0.138. The second-order valence-corrected chi connectivity index (χ2v) is 6.19. The maximum Gasteiger partial charge on any atom is 0.416 e. The zero-order chi connectivity index (χ0) is 19.4. The third-order valence-corrected chi connectivity index (χ3v) is 4.15. The summed E-state index contributed by atoms with van der Waals surface area (Å²) in [6.07, 6.45) is -0.154. The smallest absolute Gasteiger partial charge is 0.338 e. The minimum atomic E-state index is -4.45. The van der Waals surface area contributed by atoms with Gasteiger partial charge in [-0.2, -0.15) is 13.2 Å². The predicted octanol–water partition coefficient (Wildman–Crippen LogP) is 3.74.